The summed E-state index contributed by atoms with van der Waals surface area (Å²) in [6.07, 6.45) is 6.30. The number of H-pyrrole nitrogens is 1. The Morgan fingerprint density at radius 2 is 1.92 bits per heavy atom. The molecule has 0 aromatic carbocycles. The van der Waals surface area contributed by atoms with Gasteiger partial charge in [-0.2, -0.15) is 0 Å². The van der Waals surface area contributed by atoms with Crippen molar-refractivity contribution in [2.45, 2.75) is 45.1 Å². The van der Waals surface area contributed by atoms with Crippen LogP contribution in [0.25, 0.3) is 11.2 Å². The summed E-state index contributed by atoms with van der Waals surface area (Å²) in [5.74, 6) is 1.28. The predicted octanol–water partition coefficient (Wildman–Crippen LogP) is 1.40. The second-order valence-corrected chi connectivity index (χ2v) is 7.88. The molecule has 3 aliphatic carbocycles. The molecule has 25 heavy (non-hydrogen) atoms. The average molecular weight is 339 g/mol. The Hall–Kier alpha value is -2.44. The molecule has 0 saturated heterocycles. The average Bonchev–Trinajstić information content (AvgIpc) is 3.46. The van der Waals surface area contributed by atoms with Crippen molar-refractivity contribution in [3.63, 3.8) is 0 Å². The van der Waals surface area contributed by atoms with Crippen molar-refractivity contribution < 1.29 is 0 Å². The molecular formula is C18H21N5O2. The normalized spacial score (nSPS) is 21.4. The van der Waals surface area contributed by atoms with Gasteiger partial charge in [-0.05, 0) is 56.4 Å². The second kappa shape index (κ2) is 4.80. The molecule has 2 aromatic heterocycles. The van der Waals surface area contributed by atoms with Crippen molar-refractivity contribution in [3.05, 3.63) is 38.3 Å². The maximum Gasteiger partial charge on any atom is 0.294 e. The Kier molecular flexibility index (Phi) is 2.86. The summed E-state index contributed by atoms with van der Waals surface area (Å²) in [6.45, 7) is 0.579. The van der Waals surface area contributed by atoms with Crippen LogP contribution in [0, 0.1) is 28.1 Å². The lowest BCUT2D eigenvalue weighted by molar-refractivity contribution is 0.567. The molecule has 7 nitrogen and oxygen atoms in total. The molecule has 0 atom stereocenters. The molecule has 0 aliphatic heterocycles. The van der Waals surface area contributed by atoms with Crippen LogP contribution in [0.3, 0.4) is 0 Å². The molecule has 0 bridgehead atoms. The Balaban J connectivity index is 1.78. The monoisotopic (exact) mass is 339 g/mol. The van der Waals surface area contributed by atoms with E-state index in [1.54, 1.807) is 10.6 Å². The summed E-state index contributed by atoms with van der Waals surface area (Å²) in [5, 5.41) is 17.2. The van der Waals surface area contributed by atoms with Crippen molar-refractivity contribution >= 4 is 17.0 Å². The van der Waals surface area contributed by atoms with Gasteiger partial charge in [0.05, 0.1) is 5.52 Å². The van der Waals surface area contributed by atoms with Crippen LogP contribution in [0.2, 0.25) is 0 Å². The SMILES string of the molecule is N=C(n1c(=N)c(=O)n(CC2CC2)c2ccc(=O)[nH]c21)C1(C2CC2)CC1. The van der Waals surface area contributed by atoms with Gasteiger partial charge in [0.1, 0.15) is 11.5 Å². The predicted molar refractivity (Wildman–Crippen MR) is 92.9 cm³/mol. The zero-order valence-corrected chi connectivity index (χ0v) is 14.0. The molecule has 3 fully saturated rings. The molecule has 0 radical (unpaired) electrons. The van der Waals surface area contributed by atoms with Crippen LogP contribution >= 0.6 is 0 Å². The van der Waals surface area contributed by atoms with Gasteiger partial charge >= 0.3 is 0 Å². The van der Waals surface area contributed by atoms with Crippen molar-refractivity contribution in [2.75, 3.05) is 0 Å². The summed E-state index contributed by atoms with van der Waals surface area (Å²) < 4.78 is 3.00. The molecule has 2 aromatic rings. The Morgan fingerprint density at radius 1 is 1.20 bits per heavy atom. The van der Waals surface area contributed by atoms with E-state index >= 15 is 0 Å². The third-order valence-corrected chi connectivity index (χ3v) is 6.04. The van der Waals surface area contributed by atoms with E-state index in [2.05, 4.69) is 4.98 Å². The minimum Gasteiger partial charge on any atom is -0.306 e. The number of hydrogen-bond donors (Lipinski definition) is 3. The summed E-state index contributed by atoms with van der Waals surface area (Å²) in [7, 11) is 0. The first-order chi connectivity index (χ1) is 12.0. The Morgan fingerprint density at radius 3 is 2.52 bits per heavy atom. The van der Waals surface area contributed by atoms with Gasteiger partial charge in [-0.3, -0.25) is 25.0 Å². The lowest BCUT2D eigenvalue weighted by Gasteiger charge is -2.21. The molecular weight excluding hydrogens is 318 g/mol. The van der Waals surface area contributed by atoms with Crippen LogP contribution < -0.4 is 16.6 Å². The first-order valence-corrected chi connectivity index (χ1v) is 9.04. The number of pyridine rings is 1. The molecule has 3 aliphatic rings. The van der Waals surface area contributed by atoms with Gasteiger partial charge in [-0.1, -0.05) is 0 Å². The van der Waals surface area contributed by atoms with E-state index in [0.717, 1.165) is 38.5 Å². The van der Waals surface area contributed by atoms with E-state index < -0.39 is 0 Å². The number of nitrogens with one attached hydrogen (secondary N) is 3. The first-order valence-electron chi connectivity index (χ1n) is 9.04. The second-order valence-electron chi connectivity index (χ2n) is 7.88. The zero-order valence-electron chi connectivity index (χ0n) is 14.0. The number of nitrogens with zero attached hydrogens (tertiary/aromatic N) is 2. The summed E-state index contributed by atoms with van der Waals surface area (Å²) >= 11 is 0. The lowest BCUT2D eigenvalue weighted by Crippen LogP contribution is -2.47. The topological polar surface area (TPSA) is 107 Å². The standard InChI is InChI=1S/C18H21N5O2/c19-14-16(25)22(9-10-1-2-10)12-5-6-13(24)21-15(12)23(14)17(20)18(7-8-18)11-3-4-11/h5-6,10-11,19-20H,1-4,7-9H2,(H,21,24). The quantitative estimate of drug-likeness (QED) is 0.578. The first kappa shape index (κ1) is 14.9. The number of fused-ring (bicyclic) bond motifs is 1. The lowest BCUT2D eigenvalue weighted by atomic mass is 9.98. The van der Waals surface area contributed by atoms with Crippen LogP contribution in [0.15, 0.2) is 21.7 Å². The highest BCUT2D eigenvalue weighted by Gasteiger charge is 2.57. The van der Waals surface area contributed by atoms with Crippen LogP contribution in [0.5, 0.6) is 0 Å². The van der Waals surface area contributed by atoms with Gasteiger partial charge in [-0.15, -0.1) is 0 Å². The largest absolute Gasteiger partial charge is 0.306 e. The minimum atomic E-state index is -0.372. The maximum absolute atomic E-state index is 12.9. The molecule has 2 heterocycles. The van der Waals surface area contributed by atoms with E-state index in [9.17, 15) is 9.59 Å². The van der Waals surface area contributed by atoms with E-state index in [0.29, 0.717) is 35.4 Å². The highest BCUT2D eigenvalue weighted by Crippen LogP contribution is 2.62. The van der Waals surface area contributed by atoms with Gasteiger partial charge in [-0.25, -0.2) is 0 Å². The molecule has 0 unspecified atom stereocenters. The van der Waals surface area contributed by atoms with Crippen molar-refractivity contribution in [2.24, 2.45) is 17.3 Å². The molecule has 0 spiro atoms. The third kappa shape index (κ3) is 2.18. The molecule has 3 saturated carbocycles. The fourth-order valence-electron chi connectivity index (χ4n) is 4.08. The number of rotatable bonds is 4. The number of aromatic amines is 1. The number of hydrogen-bond acceptors (Lipinski definition) is 4. The minimum absolute atomic E-state index is 0.199. The van der Waals surface area contributed by atoms with Gasteiger partial charge in [0.15, 0.2) is 5.49 Å². The zero-order chi connectivity index (χ0) is 17.3. The van der Waals surface area contributed by atoms with Gasteiger partial charge in [0.2, 0.25) is 5.56 Å². The third-order valence-electron chi connectivity index (χ3n) is 6.04. The van der Waals surface area contributed by atoms with Gasteiger partial charge < -0.3 is 9.55 Å². The van der Waals surface area contributed by atoms with Crippen LogP contribution in [0.1, 0.15) is 38.5 Å². The Labute approximate surface area is 143 Å². The van der Waals surface area contributed by atoms with Gasteiger partial charge in [0, 0.05) is 18.0 Å². The fourth-order valence-corrected chi connectivity index (χ4v) is 4.08. The highest BCUT2D eigenvalue weighted by atomic mass is 16.1. The van der Waals surface area contributed by atoms with E-state index in [1.807, 2.05) is 0 Å². The molecule has 0 amide bonds. The van der Waals surface area contributed by atoms with Crippen molar-refractivity contribution in [3.8, 4) is 0 Å². The van der Waals surface area contributed by atoms with Crippen molar-refractivity contribution in [1.82, 2.24) is 14.1 Å². The van der Waals surface area contributed by atoms with E-state index in [-0.39, 0.29) is 22.0 Å². The Bertz CT molecular complexity index is 1080. The van der Waals surface area contributed by atoms with Crippen molar-refractivity contribution in [1.29, 1.82) is 10.8 Å². The molecule has 130 valence electrons. The van der Waals surface area contributed by atoms with Crippen LogP contribution in [0.4, 0.5) is 0 Å². The summed E-state index contributed by atoms with van der Waals surface area (Å²) in [6, 6.07) is 3.06. The molecule has 7 heteroatoms. The summed E-state index contributed by atoms with van der Waals surface area (Å²) in [5.41, 5.74) is -0.0375. The van der Waals surface area contributed by atoms with E-state index in [4.69, 9.17) is 10.8 Å². The van der Waals surface area contributed by atoms with E-state index in [1.165, 1.54) is 10.6 Å². The maximum atomic E-state index is 12.9. The molecule has 5 rings (SSSR count). The summed E-state index contributed by atoms with van der Waals surface area (Å²) in [4.78, 5) is 27.6. The van der Waals surface area contributed by atoms with Crippen LogP contribution in [-0.4, -0.2) is 20.0 Å². The smallest absolute Gasteiger partial charge is 0.294 e. The fraction of sp³-hybridized carbons (Fsp3) is 0.556. The molecule has 3 N–H and O–H groups in total. The van der Waals surface area contributed by atoms with Crippen LogP contribution in [-0.2, 0) is 6.54 Å². The van der Waals surface area contributed by atoms with Gasteiger partial charge in [0.25, 0.3) is 5.56 Å². The number of aromatic nitrogens is 3. The highest BCUT2D eigenvalue weighted by molar-refractivity contribution is 5.95.